The molecule has 1 aliphatic heterocycles. The standard InChI is InChI=1S/C24H29N3O3/c1-17(2)8-10-25-24-21-15-19(6-7-22(21)26-16-27-24)18-4-3-5-20(14-18)28-11-9-23-29-12-13-30-23/h3-7,14-17,23H,8-13H2,1-2H3,(H,25,26,27). The summed E-state index contributed by atoms with van der Waals surface area (Å²) in [5.41, 5.74) is 3.14. The third kappa shape index (κ3) is 5.26. The second-order valence-electron chi connectivity index (χ2n) is 7.90. The van der Waals surface area contributed by atoms with Crippen molar-refractivity contribution in [2.75, 3.05) is 31.7 Å². The first kappa shape index (κ1) is 20.6. The maximum Gasteiger partial charge on any atom is 0.161 e. The van der Waals surface area contributed by atoms with Crippen LogP contribution in [-0.2, 0) is 9.47 Å². The van der Waals surface area contributed by atoms with Gasteiger partial charge in [-0.25, -0.2) is 9.97 Å². The highest BCUT2D eigenvalue weighted by atomic mass is 16.7. The van der Waals surface area contributed by atoms with Crippen LogP contribution in [0.3, 0.4) is 0 Å². The summed E-state index contributed by atoms with van der Waals surface area (Å²) in [6.07, 6.45) is 3.30. The van der Waals surface area contributed by atoms with Crippen molar-refractivity contribution >= 4 is 16.7 Å². The predicted molar refractivity (Wildman–Crippen MR) is 119 cm³/mol. The Kier molecular flexibility index (Phi) is 6.77. The van der Waals surface area contributed by atoms with Crippen LogP contribution in [0.2, 0.25) is 0 Å². The van der Waals surface area contributed by atoms with E-state index in [1.54, 1.807) is 6.33 Å². The van der Waals surface area contributed by atoms with E-state index in [-0.39, 0.29) is 6.29 Å². The number of hydrogen-bond acceptors (Lipinski definition) is 6. The summed E-state index contributed by atoms with van der Waals surface area (Å²) in [7, 11) is 0. The lowest BCUT2D eigenvalue weighted by Gasteiger charge is -2.12. The first-order valence-corrected chi connectivity index (χ1v) is 10.6. The quantitative estimate of drug-likeness (QED) is 0.544. The lowest BCUT2D eigenvalue weighted by Crippen LogP contribution is -2.12. The fourth-order valence-electron chi connectivity index (χ4n) is 3.47. The minimum absolute atomic E-state index is 0.143. The Labute approximate surface area is 177 Å². The molecule has 2 heterocycles. The van der Waals surface area contributed by atoms with Crippen molar-refractivity contribution in [2.24, 2.45) is 5.92 Å². The van der Waals surface area contributed by atoms with E-state index in [1.165, 1.54) is 0 Å². The van der Waals surface area contributed by atoms with Crippen LogP contribution in [0.1, 0.15) is 26.7 Å². The number of benzene rings is 2. The molecule has 0 saturated carbocycles. The van der Waals surface area contributed by atoms with Crippen molar-refractivity contribution in [1.29, 1.82) is 0 Å². The highest BCUT2D eigenvalue weighted by molar-refractivity contribution is 5.92. The van der Waals surface area contributed by atoms with E-state index in [1.807, 2.05) is 18.2 Å². The normalized spacial score (nSPS) is 14.5. The number of fused-ring (bicyclic) bond motifs is 1. The zero-order chi connectivity index (χ0) is 20.8. The van der Waals surface area contributed by atoms with Gasteiger partial charge in [0.2, 0.25) is 0 Å². The zero-order valence-electron chi connectivity index (χ0n) is 17.6. The number of rotatable bonds is 9. The van der Waals surface area contributed by atoms with Crippen molar-refractivity contribution in [3.63, 3.8) is 0 Å². The van der Waals surface area contributed by atoms with Gasteiger partial charge < -0.3 is 19.5 Å². The van der Waals surface area contributed by atoms with Gasteiger partial charge in [-0.15, -0.1) is 0 Å². The smallest absolute Gasteiger partial charge is 0.161 e. The molecule has 3 aromatic rings. The summed E-state index contributed by atoms with van der Waals surface area (Å²) in [5.74, 6) is 2.37. The van der Waals surface area contributed by atoms with Crippen molar-refractivity contribution in [3.05, 3.63) is 48.8 Å². The molecule has 4 rings (SSSR count). The van der Waals surface area contributed by atoms with Gasteiger partial charge >= 0.3 is 0 Å². The Morgan fingerprint density at radius 1 is 1.07 bits per heavy atom. The zero-order valence-corrected chi connectivity index (χ0v) is 17.6. The SMILES string of the molecule is CC(C)CCNc1ncnc2ccc(-c3cccc(OCCC4OCCO4)c3)cc12. The number of hydrogen-bond donors (Lipinski definition) is 1. The molecule has 30 heavy (non-hydrogen) atoms. The Morgan fingerprint density at radius 3 is 2.73 bits per heavy atom. The maximum atomic E-state index is 5.92. The molecule has 1 aromatic heterocycles. The molecule has 0 radical (unpaired) electrons. The second-order valence-corrected chi connectivity index (χ2v) is 7.90. The number of nitrogens with zero attached hydrogens (tertiary/aromatic N) is 2. The number of anilines is 1. The van der Waals surface area contributed by atoms with Crippen LogP contribution in [-0.4, -0.2) is 42.6 Å². The van der Waals surface area contributed by atoms with Crippen molar-refractivity contribution in [3.8, 4) is 16.9 Å². The summed E-state index contributed by atoms with van der Waals surface area (Å²) in [5, 5.41) is 4.49. The molecule has 1 aliphatic rings. The molecule has 0 spiro atoms. The Hall–Kier alpha value is -2.70. The predicted octanol–water partition coefficient (Wildman–Crippen LogP) is 4.90. The number of nitrogens with one attached hydrogen (secondary N) is 1. The van der Waals surface area contributed by atoms with Gasteiger partial charge in [-0.2, -0.15) is 0 Å². The summed E-state index contributed by atoms with van der Waals surface area (Å²) in [4.78, 5) is 8.88. The van der Waals surface area contributed by atoms with Crippen molar-refractivity contribution in [1.82, 2.24) is 9.97 Å². The fraction of sp³-hybridized carbons (Fsp3) is 0.417. The molecule has 0 aliphatic carbocycles. The van der Waals surface area contributed by atoms with Gasteiger partial charge in [-0.3, -0.25) is 0 Å². The van der Waals surface area contributed by atoms with Gasteiger partial charge in [-0.1, -0.05) is 32.0 Å². The van der Waals surface area contributed by atoms with Gasteiger partial charge in [0.05, 0.1) is 25.3 Å². The average Bonchev–Trinajstić information content (AvgIpc) is 3.27. The fourth-order valence-corrected chi connectivity index (χ4v) is 3.47. The van der Waals surface area contributed by atoms with E-state index in [0.29, 0.717) is 25.7 Å². The van der Waals surface area contributed by atoms with Crippen LogP contribution >= 0.6 is 0 Å². The van der Waals surface area contributed by atoms with E-state index in [4.69, 9.17) is 14.2 Å². The van der Waals surface area contributed by atoms with E-state index >= 15 is 0 Å². The molecule has 2 aromatic carbocycles. The van der Waals surface area contributed by atoms with E-state index in [2.05, 4.69) is 53.4 Å². The second kappa shape index (κ2) is 9.87. The van der Waals surface area contributed by atoms with Crippen LogP contribution in [0.15, 0.2) is 48.8 Å². The number of aromatic nitrogens is 2. The molecule has 0 amide bonds. The van der Waals surface area contributed by atoms with Gasteiger partial charge in [0, 0.05) is 18.4 Å². The summed E-state index contributed by atoms with van der Waals surface area (Å²) in [6, 6.07) is 14.4. The largest absolute Gasteiger partial charge is 0.493 e. The lowest BCUT2D eigenvalue weighted by atomic mass is 10.0. The van der Waals surface area contributed by atoms with Gasteiger partial charge in [0.15, 0.2) is 6.29 Å². The molecule has 6 nitrogen and oxygen atoms in total. The Balaban J connectivity index is 1.49. The molecular formula is C24H29N3O3. The molecule has 0 unspecified atom stereocenters. The number of ether oxygens (including phenoxy) is 3. The average molecular weight is 408 g/mol. The molecule has 1 N–H and O–H groups in total. The topological polar surface area (TPSA) is 65.5 Å². The molecule has 1 saturated heterocycles. The molecule has 6 heteroatoms. The summed E-state index contributed by atoms with van der Waals surface area (Å²) >= 11 is 0. The van der Waals surface area contributed by atoms with Gasteiger partial charge in [-0.05, 0) is 47.7 Å². The minimum atomic E-state index is -0.143. The lowest BCUT2D eigenvalue weighted by molar-refractivity contribution is -0.0531. The third-order valence-electron chi connectivity index (χ3n) is 5.13. The van der Waals surface area contributed by atoms with Crippen molar-refractivity contribution in [2.45, 2.75) is 33.0 Å². The molecule has 1 fully saturated rings. The first-order valence-electron chi connectivity index (χ1n) is 10.6. The van der Waals surface area contributed by atoms with E-state index < -0.39 is 0 Å². The first-order chi connectivity index (χ1) is 14.7. The molecule has 158 valence electrons. The monoisotopic (exact) mass is 407 g/mol. The minimum Gasteiger partial charge on any atom is -0.493 e. The third-order valence-corrected chi connectivity index (χ3v) is 5.13. The van der Waals surface area contributed by atoms with E-state index in [0.717, 1.165) is 53.0 Å². The molecule has 0 bridgehead atoms. The molecular weight excluding hydrogens is 378 g/mol. The van der Waals surface area contributed by atoms with Crippen LogP contribution in [0.4, 0.5) is 5.82 Å². The van der Waals surface area contributed by atoms with Gasteiger partial charge in [0.1, 0.15) is 17.9 Å². The maximum absolute atomic E-state index is 5.92. The van der Waals surface area contributed by atoms with Gasteiger partial charge in [0.25, 0.3) is 0 Å². The Bertz CT molecular complexity index is 971. The van der Waals surface area contributed by atoms with E-state index in [9.17, 15) is 0 Å². The van der Waals surface area contributed by atoms with Crippen LogP contribution in [0.5, 0.6) is 5.75 Å². The summed E-state index contributed by atoms with van der Waals surface area (Å²) in [6.45, 7) is 7.23. The van der Waals surface area contributed by atoms with Crippen molar-refractivity contribution < 1.29 is 14.2 Å². The van der Waals surface area contributed by atoms with Crippen LogP contribution < -0.4 is 10.1 Å². The van der Waals surface area contributed by atoms with Crippen LogP contribution in [0.25, 0.3) is 22.0 Å². The highest BCUT2D eigenvalue weighted by Crippen LogP contribution is 2.29. The highest BCUT2D eigenvalue weighted by Gasteiger charge is 2.15. The molecule has 0 atom stereocenters. The Morgan fingerprint density at radius 2 is 1.90 bits per heavy atom. The summed E-state index contributed by atoms with van der Waals surface area (Å²) < 4.78 is 16.8. The van der Waals surface area contributed by atoms with Crippen LogP contribution in [0, 0.1) is 5.92 Å².